The summed E-state index contributed by atoms with van der Waals surface area (Å²) in [6.07, 6.45) is 0. The minimum atomic E-state index is -3.46. The van der Waals surface area contributed by atoms with Crippen molar-refractivity contribution in [3.8, 4) is 6.07 Å². The van der Waals surface area contributed by atoms with Crippen molar-refractivity contribution in [2.45, 2.75) is 12.7 Å². The van der Waals surface area contributed by atoms with E-state index < -0.39 is 21.9 Å². The molecule has 0 aromatic heterocycles. The van der Waals surface area contributed by atoms with Crippen molar-refractivity contribution < 1.29 is 18.3 Å². The van der Waals surface area contributed by atoms with E-state index in [1.165, 1.54) is 4.31 Å². The van der Waals surface area contributed by atoms with Crippen LogP contribution in [0.3, 0.4) is 0 Å². The molecular weight excluding hydrogens is 292 g/mol. The highest BCUT2D eigenvalue weighted by atomic mass is 32.2. The fraction of sp³-hybridized carbons (Fsp3) is 0.429. The van der Waals surface area contributed by atoms with Gasteiger partial charge >= 0.3 is 5.97 Å². The lowest BCUT2D eigenvalue weighted by Crippen LogP contribution is -2.53. The van der Waals surface area contributed by atoms with Crippen molar-refractivity contribution in [3.63, 3.8) is 0 Å². The van der Waals surface area contributed by atoms with Gasteiger partial charge in [-0.05, 0) is 23.6 Å². The summed E-state index contributed by atoms with van der Waals surface area (Å²) in [6, 6.07) is 8.45. The Labute approximate surface area is 123 Å². The number of nitrogens with zero attached hydrogens (tertiary/aromatic N) is 2. The molecule has 1 aromatic carbocycles. The van der Waals surface area contributed by atoms with E-state index in [1.807, 2.05) is 6.07 Å². The minimum absolute atomic E-state index is 0.136. The van der Waals surface area contributed by atoms with E-state index >= 15 is 0 Å². The zero-order valence-corrected chi connectivity index (χ0v) is 12.4. The van der Waals surface area contributed by atoms with Crippen LogP contribution in [0.4, 0.5) is 0 Å². The molecule has 2 rings (SSSR count). The Bertz CT molecular complexity index is 687. The molecule has 1 atom stereocenters. The van der Waals surface area contributed by atoms with E-state index in [4.69, 9.17) is 10.4 Å². The van der Waals surface area contributed by atoms with Gasteiger partial charge in [0.05, 0.1) is 23.3 Å². The molecule has 1 saturated heterocycles. The molecule has 0 bridgehead atoms. The molecule has 1 aliphatic heterocycles. The van der Waals surface area contributed by atoms with Crippen LogP contribution in [-0.4, -0.2) is 36.9 Å². The second-order valence-corrected chi connectivity index (χ2v) is 7.24. The van der Waals surface area contributed by atoms with E-state index in [9.17, 15) is 13.2 Å². The van der Waals surface area contributed by atoms with Crippen LogP contribution in [0.5, 0.6) is 0 Å². The third-order valence-electron chi connectivity index (χ3n) is 3.77. The fourth-order valence-electron chi connectivity index (χ4n) is 2.25. The number of carbonyl (C=O) groups is 1. The number of nitriles is 1. The van der Waals surface area contributed by atoms with Crippen molar-refractivity contribution in [3.05, 3.63) is 35.4 Å². The molecule has 112 valence electrons. The summed E-state index contributed by atoms with van der Waals surface area (Å²) in [5.41, 5.74) is 0.979. The molecule has 0 aliphatic carbocycles. The van der Waals surface area contributed by atoms with Crippen molar-refractivity contribution in [2.75, 3.05) is 13.1 Å². The van der Waals surface area contributed by atoms with Gasteiger partial charge in [-0.1, -0.05) is 19.1 Å². The Balaban J connectivity index is 2.01. The third-order valence-corrected chi connectivity index (χ3v) is 5.55. The second kappa shape index (κ2) is 5.84. The van der Waals surface area contributed by atoms with Crippen molar-refractivity contribution in [2.24, 2.45) is 11.8 Å². The zero-order valence-electron chi connectivity index (χ0n) is 11.6. The Morgan fingerprint density at radius 3 is 2.76 bits per heavy atom. The summed E-state index contributed by atoms with van der Waals surface area (Å²) in [4.78, 5) is 10.9. The number of aliphatic carboxylic acids is 1. The van der Waals surface area contributed by atoms with Gasteiger partial charge in [-0.3, -0.25) is 4.79 Å². The smallest absolute Gasteiger partial charge is 0.306 e. The van der Waals surface area contributed by atoms with E-state index in [0.29, 0.717) is 11.1 Å². The first kappa shape index (κ1) is 15.5. The topological polar surface area (TPSA) is 98.5 Å². The van der Waals surface area contributed by atoms with E-state index in [0.717, 1.165) is 0 Å². The molecule has 7 heteroatoms. The minimum Gasteiger partial charge on any atom is -0.481 e. The summed E-state index contributed by atoms with van der Waals surface area (Å²) in [7, 11) is -3.46. The molecule has 0 amide bonds. The van der Waals surface area contributed by atoms with E-state index in [-0.39, 0.29) is 24.8 Å². The molecule has 1 heterocycles. The quantitative estimate of drug-likeness (QED) is 0.876. The molecule has 0 spiro atoms. The van der Waals surface area contributed by atoms with Crippen LogP contribution < -0.4 is 0 Å². The zero-order chi connectivity index (χ0) is 15.6. The molecule has 6 nitrogen and oxygen atoms in total. The SMILES string of the molecule is CC(C(=O)O)C1CN(S(=O)(=O)Cc2cccc(C#N)c2)C1. The largest absolute Gasteiger partial charge is 0.481 e. The van der Waals surface area contributed by atoms with Gasteiger partial charge < -0.3 is 5.11 Å². The van der Waals surface area contributed by atoms with Crippen LogP contribution in [0.25, 0.3) is 0 Å². The fourth-order valence-corrected chi connectivity index (χ4v) is 3.87. The van der Waals surface area contributed by atoms with Crippen LogP contribution in [0.15, 0.2) is 24.3 Å². The normalized spacial score (nSPS) is 17.7. The van der Waals surface area contributed by atoms with Gasteiger partial charge in [-0.2, -0.15) is 5.26 Å². The predicted molar refractivity (Wildman–Crippen MR) is 75.6 cm³/mol. The lowest BCUT2D eigenvalue weighted by atomic mass is 9.89. The third kappa shape index (κ3) is 3.40. The summed E-state index contributed by atoms with van der Waals surface area (Å²) in [5.74, 6) is -1.75. The second-order valence-electron chi connectivity index (χ2n) is 5.27. The van der Waals surface area contributed by atoms with Gasteiger partial charge in [-0.25, -0.2) is 12.7 Å². The Kier molecular flexibility index (Phi) is 4.30. The molecule has 1 N–H and O–H groups in total. The molecule has 1 unspecified atom stereocenters. The molecule has 0 saturated carbocycles. The number of carboxylic acid groups (broad SMARTS) is 1. The molecule has 1 fully saturated rings. The monoisotopic (exact) mass is 308 g/mol. The molecule has 0 radical (unpaired) electrons. The Hall–Kier alpha value is -1.91. The average Bonchev–Trinajstić information content (AvgIpc) is 2.35. The van der Waals surface area contributed by atoms with Crippen LogP contribution >= 0.6 is 0 Å². The highest BCUT2D eigenvalue weighted by Gasteiger charge is 2.40. The first-order valence-electron chi connectivity index (χ1n) is 6.53. The predicted octanol–water partition coefficient (Wildman–Crippen LogP) is 1.04. The Morgan fingerprint density at radius 2 is 2.19 bits per heavy atom. The first-order chi connectivity index (χ1) is 9.83. The summed E-state index contributed by atoms with van der Waals surface area (Å²) in [5, 5.41) is 17.7. The summed E-state index contributed by atoms with van der Waals surface area (Å²) >= 11 is 0. The molecule has 21 heavy (non-hydrogen) atoms. The lowest BCUT2D eigenvalue weighted by Gasteiger charge is -2.40. The lowest BCUT2D eigenvalue weighted by molar-refractivity contribution is -0.144. The van der Waals surface area contributed by atoms with Gasteiger partial charge in [0.1, 0.15) is 0 Å². The van der Waals surface area contributed by atoms with Gasteiger partial charge in [0.25, 0.3) is 0 Å². The van der Waals surface area contributed by atoms with Crippen molar-refractivity contribution in [1.82, 2.24) is 4.31 Å². The van der Waals surface area contributed by atoms with Crippen LogP contribution in [0, 0.1) is 23.2 Å². The first-order valence-corrected chi connectivity index (χ1v) is 8.14. The number of benzene rings is 1. The van der Waals surface area contributed by atoms with E-state index in [1.54, 1.807) is 31.2 Å². The summed E-state index contributed by atoms with van der Waals surface area (Å²) in [6.45, 7) is 2.08. The summed E-state index contributed by atoms with van der Waals surface area (Å²) < 4.78 is 25.7. The molecule has 1 aliphatic rings. The highest BCUT2D eigenvalue weighted by Crippen LogP contribution is 2.28. The van der Waals surface area contributed by atoms with Crippen LogP contribution in [-0.2, 0) is 20.6 Å². The average molecular weight is 308 g/mol. The standard InChI is InChI=1S/C14H16N2O4S/c1-10(14(17)18)13-7-16(8-13)21(19,20)9-12-4-2-3-11(5-12)6-15/h2-5,10,13H,7-9H2,1H3,(H,17,18). The van der Waals surface area contributed by atoms with Crippen molar-refractivity contribution >= 4 is 16.0 Å². The number of hydrogen-bond donors (Lipinski definition) is 1. The maximum absolute atomic E-state index is 12.2. The highest BCUT2D eigenvalue weighted by molar-refractivity contribution is 7.88. The Morgan fingerprint density at radius 1 is 1.52 bits per heavy atom. The van der Waals surface area contributed by atoms with E-state index in [2.05, 4.69) is 0 Å². The van der Waals surface area contributed by atoms with Gasteiger partial charge in [0, 0.05) is 13.1 Å². The number of carboxylic acids is 1. The maximum atomic E-state index is 12.2. The van der Waals surface area contributed by atoms with Crippen molar-refractivity contribution in [1.29, 1.82) is 5.26 Å². The van der Waals surface area contributed by atoms with Crippen LogP contribution in [0.1, 0.15) is 18.1 Å². The number of rotatable bonds is 5. The molecule has 1 aromatic rings. The number of sulfonamides is 1. The van der Waals surface area contributed by atoms with Gasteiger partial charge in [0.2, 0.25) is 10.0 Å². The maximum Gasteiger partial charge on any atom is 0.306 e. The van der Waals surface area contributed by atoms with Crippen LogP contribution in [0.2, 0.25) is 0 Å². The van der Waals surface area contributed by atoms with Gasteiger partial charge in [-0.15, -0.1) is 0 Å². The molecular formula is C14H16N2O4S. The number of hydrogen-bond acceptors (Lipinski definition) is 4. The van der Waals surface area contributed by atoms with Gasteiger partial charge in [0.15, 0.2) is 0 Å².